The Balaban J connectivity index is 0.000000637. The van der Waals surface area contributed by atoms with Gasteiger partial charge in [0.15, 0.2) is 0 Å². The zero-order valence-electron chi connectivity index (χ0n) is 11.7. The lowest BCUT2D eigenvalue weighted by atomic mass is 10.1. The molecule has 1 aromatic carbocycles. The molecule has 0 saturated heterocycles. The van der Waals surface area contributed by atoms with Gasteiger partial charge in [-0.15, -0.1) is 0 Å². The van der Waals surface area contributed by atoms with Crippen molar-refractivity contribution in [3.8, 4) is 0 Å². The average Bonchev–Trinajstić information content (AvgIpc) is 2.77. The molecule has 1 aliphatic carbocycles. The standard InChI is InChI=1S/C15H14N2.C2H6/c1-11-5-4-6-12(10-9-11)15-16-13-7-2-3-8-14(13)17-15;1-2/h2-11H,1H3,(H,16,17);1-2H3. The van der Waals surface area contributed by atoms with Crippen molar-refractivity contribution >= 4 is 16.6 Å². The van der Waals surface area contributed by atoms with Gasteiger partial charge < -0.3 is 4.98 Å². The molecule has 2 heteroatoms. The number of nitrogens with one attached hydrogen (secondary N) is 1. The second-order valence-corrected chi connectivity index (χ2v) is 4.33. The van der Waals surface area contributed by atoms with Crippen LogP contribution >= 0.6 is 0 Å². The fraction of sp³-hybridized carbons (Fsp3) is 0.235. The van der Waals surface area contributed by atoms with Crippen LogP contribution in [0.3, 0.4) is 0 Å². The van der Waals surface area contributed by atoms with Crippen LogP contribution in [0.15, 0.2) is 54.6 Å². The largest absolute Gasteiger partial charge is 0.338 e. The molecule has 1 N–H and O–H groups in total. The zero-order chi connectivity index (χ0) is 13.7. The van der Waals surface area contributed by atoms with Crippen molar-refractivity contribution < 1.29 is 0 Å². The van der Waals surface area contributed by atoms with E-state index in [1.807, 2.05) is 38.1 Å². The Hall–Kier alpha value is -2.09. The van der Waals surface area contributed by atoms with E-state index in [0.717, 1.165) is 22.4 Å². The number of aromatic nitrogens is 2. The summed E-state index contributed by atoms with van der Waals surface area (Å²) in [6.07, 6.45) is 10.7. The van der Waals surface area contributed by atoms with Crippen molar-refractivity contribution in [3.05, 3.63) is 60.5 Å². The van der Waals surface area contributed by atoms with Crippen molar-refractivity contribution in [1.29, 1.82) is 0 Å². The summed E-state index contributed by atoms with van der Waals surface area (Å²) in [6, 6.07) is 8.09. The summed E-state index contributed by atoms with van der Waals surface area (Å²) in [5.41, 5.74) is 3.22. The first-order valence-electron chi connectivity index (χ1n) is 6.85. The Bertz CT molecular complexity index is 597. The van der Waals surface area contributed by atoms with Crippen LogP contribution in [0.25, 0.3) is 16.6 Å². The minimum absolute atomic E-state index is 0.480. The Morgan fingerprint density at radius 2 is 1.89 bits per heavy atom. The molecule has 98 valence electrons. The Morgan fingerprint density at radius 3 is 2.68 bits per heavy atom. The maximum atomic E-state index is 4.59. The van der Waals surface area contributed by atoms with Gasteiger partial charge in [-0.1, -0.05) is 63.3 Å². The van der Waals surface area contributed by atoms with Crippen LogP contribution in [0.5, 0.6) is 0 Å². The Labute approximate surface area is 114 Å². The predicted molar refractivity (Wildman–Crippen MR) is 82.9 cm³/mol. The molecule has 2 nitrogen and oxygen atoms in total. The molecule has 0 radical (unpaired) electrons. The highest BCUT2D eigenvalue weighted by atomic mass is 14.9. The lowest BCUT2D eigenvalue weighted by molar-refractivity contribution is 0.943. The van der Waals surface area contributed by atoms with Gasteiger partial charge in [0.1, 0.15) is 5.82 Å². The van der Waals surface area contributed by atoms with Gasteiger partial charge in [0.05, 0.1) is 11.0 Å². The van der Waals surface area contributed by atoms with E-state index in [1.54, 1.807) is 0 Å². The van der Waals surface area contributed by atoms with Crippen molar-refractivity contribution in [2.75, 3.05) is 0 Å². The minimum Gasteiger partial charge on any atom is -0.338 e. The van der Waals surface area contributed by atoms with Crippen LogP contribution in [0.1, 0.15) is 26.6 Å². The average molecular weight is 252 g/mol. The van der Waals surface area contributed by atoms with E-state index >= 15 is 0 Å². The molecule has 0 spiro atoms. The lowest BCUT2D eigenvalue weighted by Gasteiger charge is -1.95. The van der Waals surface area contributed by atoms with Gasteiger partial charge in [0.25, 0.3) is 0 Å². The molecule has 0 amide bonds. The van der Waals surface area contributed by atoms with Crippen molar-refractivity contribution in [2.45, 2.75) is 20.8 Å². The van der Waals surface area contributed by atoms with Gasteiger partial charge in [-0.3, -0.25) is 0 Å². The zero-order valence-corrected chi connectivity index (χ0v) is 11.7. The van der Waals surface area contributed by atoms with Gasteiger partial charge in [-0.05, 0) is 18.1 Å². The lowest BCUT2D eigenvalue weighted by Crippen LogP contribution is -1.83. The highest BCUT2D eigenvalue weighted by molar-refractivity contribution is 5.81. The Morgan fingerprint density at radius 1 is 1.11 bits per heavy atom. The molecule has 3 rings (SSSR count). The van der Waals surface area contributed by atoms with E-state index in [0.29, 0.717) is 5.92 Å². The highest BCUT2D eigenvalue weighted by Crippen LogP contribution is 2.20. The predicted octanol–water partition coefficient (Wildman–Crippen LogP) is 4.73. The summed E-state index contributed by atoms with van der Waals surface area (Å²) in [5.74, 6) is 1.41. The molecule has 1 aromatic heterocycles. The second kappa shape index (κ2) is 6.19. The topological polar surface area (TPSA) is 28.7 Å². The maximum Gasteiger partial charge on any atom is 0.138 e. The monoisotopic (exact) mass is 252 g/mol. The van der Waals surface area contributed by atoms with E-state index < -0.39 is 0 Å². The van der Waals surface area contributed by atoms with Crippen molar-refractivity contribution in [3.63, 3.8) is 0 Å². The van der Waals surface area contributed by atoms with Crippen molar-refractivity contribution in [1.82, 2.24) is 9.97 Å². The molecule has 0 fully saturated rings. The third kappa shape index (κ3) is 3.02. The number of para-hydroxylation sites is 2. The number of hydrogen-bond acceptors (Lipinski definition) is 1. The maximum absolute atomic E-state index is 4.59. The van der Waals surface area contributed by atoms with Crippen LogP contribution in [0, 0.1) is 5.92 Å². The third-order valence-corrected chi connectivity index (χ3v) is 2.93. The fourth-order valence-corrected chi connectivity index (χ4v) is 1.96. The number of allylic oxidation sites excluding steroid dienone is 6. The third-order valence-electron chi connectivity index (χ3n) is 2.93. The molecule has 0 aliphatic heterocycles. The SMILES string of the molecule is CC.CC1C=CC=C(c2nc3ccccc3[nH]2)C=C1. The number of aromatic amines is 1. The molecule has 1 aliphatic rings. The summed E-state index contributed by atoms with van der Waals surface area (Å²) >= 11 is 0. The van der Waals surface area contributed by atoms with Crippen molar-refractivity contribution in [2.24, 2.45) is 5.92 Å². The summed E-state index contributed by atoms with van der Waals surface area (Å²) in [5, 5.41) is 0. The molecule has 1 heterocycles. The molecule has 1 atom stereocenters. The van der Waals surface area contributed by atoms with Gasteiger partial charge in [0.2, 0.25) is 0 Å². The molecule has 0 bridgehead atoms. The summed E-state index contributed by atoms with van der Waals surface area (Å²) in [7, 11) is 0. The molecule has 19 heavy (non-hydrogen) atoms. The number of H-pyrrole nitrogens is 1. The fourth-order valence-electron chi connectivity index (χ4n) is 1.96. The van der Waals surface area contributed by atoms with Crippen LogP contribution in [0.2, 0.25) is 0 Å². The number of nitrogens with zero attached hydrogens (tertiary/aromatic N) is 1. The highest BCUT2D eigenvalue weighted by Gasteiger charge is 2.06. The van der Waals surface area contributed by atoms with Gasteiger partial charge in [-0.2, -0.15) is 0 Å². The number of hydrogen-bond donors (Lipinski definition) is 1. The quantitative estimate of drug-likeness (QED) is 0.780. The van der Waals surface area contributed by atoms with E-state index in [-0.39, 0.29) is 0 Å². The van der Waals surface area contributed by atoms with Gasteiger partial charge in [0, 0.05) is 5.57 Å². The molecular formula is C17H20N2. The number of fused-ring (bicyclic) bond motifs is 1. The van der Waals surface area contributed by atoms with E-state index in [9.17, 15) is 0 Å². The first-order valence-corrected chi connectivity index (χ1v) is 6.85. The van der Waals surface area contributed by atoms with Crippen LogP contribution < -0.4 is 0 Å². The smallest absolute Gasteiger partial charge is 0.138 e. The van der Waals surface area contributed by atoms with Gasteiger partial charge in [-0.25, -0.2) is 4.98 Å². The summed E-state index contributed by atoms with van der Waals surface area (Å²) in [4.78, 5) is 7.94. The Kier molecular flexibility index (Phi) is 4.35. The first kappa shape index (κ1) is 13.3. The number of benzene rings is 1. The number of rotatable bonds is 1. The molecule has 1 unspecified atom stereocenters. The van der Waals surface area contributed by atoms with Crippen LogP contribution in [-0.2, 0) is 0 Å². The van der Waals surface area contributed by atoms with E-state index in [4.69, 9.17) is 0 Å². The first-order chi connectivity index (χ1) is 9.33. The molecular weight excluding hydrogens is 232 g/mol. The summed E-state index contributed by atoms with van der Waals surface area (Å²) in [6.45, 7) is 6.17. The number of imidazole rings is 1. The molecule has 2 aromatic rings. The van der Waals surface area contributed by atoms with Gasteiger partial charge >= 0.3 is 0 Å². The summed E-state index contributed by atoms with van der Waals surface area (Å²) < 4.78 is 0. The van der Waals surface area contributed by atoms with E-state index in [1.165, 1.54) is 0 Å². The second-order valence-electron chi connectivity index (χ2n) is 4.33. The van der Waals surface area contributed by atoms with E-state index in [2.05, 4.69) is 47.3 Å². The van der Waals surface area contributed by atoms with Crippen LogP contribution in [0.4, 0.5) is 0 Å². The van der Waals surface area contributed by atoms with Crippen LogP contribution in [-0.4, -0.2) is 9.97 Å². The molecule has 0 saturated carbocycles. The minimum atomic E-state index is 0.480. The normalized spacial score (nSPS) is 17.6.